The van der Waals surface area contributed by atoms with E-state index in [1.54, 1.807) is 34.1 Å². The quantitative estimate of drug-likeness (QED) is 0.249. The third kappa shape index (κ3) is 4.65. The summed E-state index contributed by atoms with van der Waals surface area (Å²) in [5.41, 5.74) is 0.0212. The second kappa shape index (κ2) is 10.9. The van der Waals surface area contributed by atoms with Gasteiger partial charge in [0.25, 0.3) is 0 Å². The normalized spacial score (nSPS) is 18.0. The van der Waals surface area contributed by atoms with Crippen LogP contribution >= 0.6 is 11.6 Å². The van der Waals surface area contributed by atoms with E-state index in [0.29, 0.717) is 29.8 Å². The van der Waals surface area contributed by atoms with Crippen LogP contribution in [0.3, 0.4) is 0 Å². The molecule has 2 aromatic carbocycles. The molecule has 0 radical (unpaired) electrons. The van der Waals surface area contributed by atoms with Crippen molar-refractivity contribution in [3.8, 4) is 16.9 Å². The highest BCUT2D eigenvalue weighted by molar-refractivity contribution is 6.35. The number of anilines is 1. The maximum absolute atomic E-state index is 15.1. The minimum absolute atomic E-state index is 0.0230. The number of aromatic nitrogens is 4. The van der Waals surface area contributed by atoms with Crippen LogP contribution in [-0.4, -0.2) is 69.0 Å². The average molecular weight is 592 g/mol. The lowest BCUT2D eigenvalue weighted by molar-refractivity contribution is -0.128. The number of nitrogens with zero attached hydrogens (tertiary/aromatic N) is 7. The van der Waals surface area contributed by atoms with E-state index in [9.17, 15) is 14.0 Å². The van der Waals surface area contributed by atoms with E-state index in [2.05, 4.69) is 21.5 Å². The first-order chi connectivity index (χ1) is 20.3. The molecule has 13 heteroatoms. The van der Waals surface area contributed by atoms with Crippen LogP contribution < -0.4 is 15.3 Å². The summed E-state index contributed by atoms with van der Waals surface area (Å²) in [4.78, 5) is 37.6. The first kappa shape index (κ1) is 27.4. The van der Waals surface area contributed by atoms with Crippen molar-refractivity contribution >= 4 is 34.2 Å². The Morgan fingerprint density at radius 1 is 1.26 bits per heavy atom. The molecule has 0 saturated carbocycles. The van der Waals surface area contributed by atoms with Gasteiger partial charge in [-0.25, -0.2) is 20.1 Å². The van der Waals surface area contributed by atoms with Gasteiger partial charge in [-0.1, -0.05) is 18.2 Å². The second-order valence-electron chi connectivity index (χ2n) is 10.0. The van der Waals surface area contributed by atoms with Crippen molar-refractivity contribution in [1.82, 2.24) is 24.2 Å². The molecule has 1 fully saturated rings. The predicted molar refractivity (Wildman–Crippen MR) is 153 cm³/mol. The Kier molecular flexibility index (Phi) is 7.12. The van der Waals surface area contributed by atoms with E-state index in [1.807, 2.05) is 4.90 Å². The van der Waals surface area contributed by atoms with Crippen LogP contribution in [0.2, 0.25) is 5.02 Å². The van der Waals surface area contributed by atoms with Crippen LogP contribution in [0, 0.1) is 18.2 Å². The van der Waals surface area contributed by atoms with E-state index >= 15 is 4.39 Å². The van der Waals surface area contributed by atoms with Gasteiger partial charge in [0.05, 0.1) is 23.1 Å². The Morgan fingerprint density at radius 3 is 2.81 bits per heavy atom. The lowest BCUT2D eigenvalue weighted by atomic mass is 9.99. The van der Waals surface area contributed by atoms with Crippen molar-refractivity contribution in [1.29, 1.82) is 0 Å². The summed E-state index contributed by atoms with van der Waals surface area (Å²) < 4.78 is 38.3. The zero-order chi connectivity index (χ0) is 29.5. The highest BCUT2D eigenvalue weighted by Gasteiger charge is 2.36. The molecule has 10 nitrogen and oxygen atoms in total. The Balaban J connectivity index is 1.55. The summed E-state index contributed by atoms with van der Waals surface area (Å²) >= 11 is 6.78. The van der Waals surface area contributed by atoms with Crippen LogP contribution in [0.15, 0.2) is 60.2 Å². The minimum atomic E-state index is -0.831. The smallest absolute Gasteiger partial charge is 0.350 e. The second-order valence-corrected chi connectivity index (χ2v) is 10.4. The molecule has 0 aliphatic carbocycles. The number of piperazine rings is 1. The Hall–Kier alpha value is -4.76. The number of hydrogen-bond donors (Lipinski definition) is 0. The molecule has 214 valence electrons. The van der Waals surface area contributed by atoms with Crippen LogP contribution in [0.4, 0.5) is 14.6 Å². The van der Waals surface area contributed by atoms with Gasteiger partial charge in [0.2, 0.25) is 12.5 Å². The number of amides is 1. The van der Waals surface area contributed by atoms with E-state index in [0.717, 1.165) is 12.1 Å². The average Bonchev–Trinajstić information content (AvgIpc) is 3.49. The monoisotopic (exact) mass is 591 g/mol. The van der Waals surface area contributed by atoms with Gasteiger partial charge in [-0.2, -0.15) is 10.1 Å². The number of carbonyl (C=O) groups is 1. The minimum Gasteiger partial charge on any atom is -0.488 e. The molecular formula is C29H24ClF2N7O3. The highest BCUT2D eigenvalue weighted by Crippen LogP contribution is 2.47. The number of halogens is 3. The summed E-state index contributed by atoms with van der Waals surface area (Å²) in [6, 6.07) is 5.58. The molecule has 2 aliphatic heterocycles. The summed E-state index contributed by atoms with van der Waals surface area (Å²) in [6.45, 7) is 12.2. The van der Waals surface area contributed by atoms with Gasteiger partial charge >= 0.3 is 5.69 Å². The van der Waals surface area contributed by atoms with Crippen molar-refractivity contribution in [2.75, 3.05) is 37.7 Å². The molecule has 1 saturated heterocycles. The summed E-state index contributed by atoms with van der Waals surface area (Å²) in [5, 5.41) is 4.86. The van der Waals surface area contributed by atoms with Crippen molar-refractivity contribution in [2.45, 2.75) is 18.6 Å². The zero-order valence-corrected chi connectivity index (χ0v) is 23.0. The molecule has 1 amide bonds. The molecular weight excluding hydrogens is 568 g/mol. The molecule has 1 unspecified atom stereocenters. The molecule has 0 spiro atoms. The third-order valence-corrected chi connectivity index (χ3v) is 7.88. The highest BCUT2D eigenvalue weighted by atomic mass is 35.5. The molecule has 0 bridgehead atoms. The van der Waals surface area contributed by atoms with E-state index in [-0.39, 0.29) is 54.0 Å². The zero-order valence-electron chi connectivity index (χ0n) is 22.2. The number of benzene rings is 2. The largest absolute Gasteiger partial charge is 0.488 e. The number of rotatable bonds is 6. The predicted octanol–water partition coefficient (Wildman–Crippen LogP) is 3.95. The Labute approximate surface area is 243 Å². The molecule has 0 N–H and O–H groups in total. The van der Waals surface area contributed by atoms with Crippen molar-refractivity contribution in [3.63, 3.8) is 0 Å². The standard InChI is InChI=1S/C29H24ClF2N7O3/c1-3-24(40)38-10-9-36(14-18(38)13-33-2)28-21-12-22(30)25(20-6-5-17(31)11-23(20)32)27-26(21)39(29(41)35-28)19(16-42-27)15-37-8-4-7-34-37/h3-8,11-12,18-19H,1,9-10,13-16H2/t18-,19?/m0/s1. The summed E-state index contributed by atoms with van der Waals surface area (Å²) in [6.07, 6.45) is 4.61. The molecule has 2 aromatic heterocycles. The number of carbonyl (C=O) groups excluding carboxylic acids is 1. The SMILES string of the molecule is [C-]#[N+]C[C@H]1CN(c2nc(=O)n3c4c(c(-c5ccc(F)cc5F)c(Cl)cc24)OCC3Cn2cccn2)CCN1C(=O)C=C. The maximum Gasteiger partial charge on any atom is 0.350 e. The lowest BCUT2D eigenvalue weighted by Crippen LogP contribution is -2.56. The molecule has 2 atom stereocenters. The summed E-state index contributed by atoms with van der Waals surface area (Å²) in [5.74, 6) is -1.36. The molecule has 4 aromatic rings. The Morgan fingerprint density at radius 2 is 2.10 bits per heavy atom. The van der Waals surface area contributed by atoms with E-state index < -0.39 is 29.4 Å². The van der Waals surface area contributed by atoms with Crippen LogP contribution in [0.1, 0.15) is 6.04 Å². The number of ether oxygens (including phenoxy) is 1. The topological polar surface area (TPSA) is 89.8 Å². The van der Waals surface area contributed by atoms with E-state index in [4.69, 9.17) is 22.9 Å². The lowest BCUT2D eigenvalue weighted by Gasteiger charge is -2.40. The number of hydrogen-bond acceptors (Lipinski definition) is 6. The van der Waals surface area contributed by atoms with Crippen LogP contribution in [0.5, 0.6) is 5.75 Å². The van der Waals surface area contributed by atoms with Crippen LogP contribution in [-0.2, 0) is 11.3 Å². The fourth-order valence-electron chi connectivity index (χ4n) is 5.72. The van der Waals surface area contributed by atoms with Gasteiger partial charge in [0, 0.05) is 54.6 Å². The van der Waals surface area contributed by atoms with Gasteiger partial charge < -0.3 is 19.4 Å². The fourth-order valence-corrected chi connectivity index (χ4v) is 6.02. The molecule has 42 heavy (non-hydrogen) atoms. The van der Waals surface area contributed by atoms with Crippen LogP contribution in [0.25, 0.3) is 26.9 Å². The van der Waals surface area contributed by atoms with E-state index in [1.165, 1.54) is 16.7 Å². The molecule has 4 heterocycles. The molecule has 2 aliphatic rings. The van der Waals surface area contributed by atoms with Gasteiger partial charge in [0.1, 0.15) is 30.1 Å². The van der Waals surface area contributed by atoms with Gasteiger partial charge in [-0.15, -0.1) is 0 Å². The Bertz CT molecular complexity index is 1820. The first-order valence-corrected chi connectivity index (χ1v) is 13.5. The van der Waals surface area contributed by atoms with Crippen molar-refractivity contribution in [2.24, 2.45) is 0 Å². The van der Waals surface area contributed by atoms with Crippen molar-refractivity contribution in [3.05, 3.63) is 93.9 Å². The summed E-state index contributed by atoms with van der Waals surface area (Å²) in [7, 11) is 0. The van der Waals surface area contributed by atoms with Crippen molar-refractivity contribution < 1.29 is 18.3 Å². The maximum atomic E-state index is 15.1. The van der Waals surface area contributed by atoms with Gasteiger partial charge in [-0.3, -0.25) is 14.0 Å². The van der Waals surface area contributed by atoms with Gasteiger partial charge in [-0.05, 0) is 30.3 Å². The third-order valence-electron chi connectivity index (χ3n) is 7.58. The molecule has 6 rings (SSSR count). The van der Waals surface area contributed by atoms with Gasteiger partial charge in [0.15, 0.2) is 5.75 Å². The first-order valence-electron chi connectivity index (χ1n) is 13.2. The fraction of sp³-hybridized carbons (Fsp3) is 0.276.